The number of aromatic nitrogens is 3. The van der Waals surface area contributed by atoms with E-state index in [9.17, 15) is 4.79 Å². The molecule has 0 aliphatic rings. The van der Waals surface area contributed by atoms with Gasteiger partial charge < -0.3 is 15.2 Å². The largest absolute Gasteiger partial charge is 0.497 e. The van der Waals surface area contributed by atoms with Crippen LogP contribution < -0.4 is 10.5 Å². The Labute approximate surface area is 152 Å². The van der Waals surface area contributed by atoms with Gasteiger partial charge in [0.1, 0.15) is 5.75 Å². The van der Waals surface area contributed by atoms with Gasteiger partial charge in [0, 0.05) is 11.8 Å². The van der Waals surface area contributed by atoms with Crippen molar-refractivity contribution in [2.75, 3.05) is 19.5 Å². The van der Waals surface area contributed by atoms with Crippen LogP contribution in [-0.2, 0) is 4.74 Å². The monoisotopic (exact) mass is 354 g/mol. The molecule has 2 N–H and O–H groups in total. The Bertz CT molecular complexity index is 844. The Morgan fingerprint density at radius 3 is 2.58 bits per heavy atom. The summed E-state index contributed by atoms with van der Waals surface area (Å²) in [6, 6.07) is 15.1. The van der Waals surface area contributed by atoms with Gasteiger partial charge in [-0.25, -0.2) is 9.48 Å². The number of ether oxygens (including phenoxy) is 2. The van der Waals surface area contributed by atoms with E-state index >= 15 is 0 Å². The fraction of sp³-hybridized carbons (Fsp3) is 0.211. The van der Waals surface area contributed by atoms with E-state index in [0.717, 1.165) is 11.4 Å². The van der Waals surface area contributed by atoms with Gasteiger partial charge in [-0.05, 0) is 43.7 Å². The lowest BCUT2D eigenvalue weighted by Crippen LogP contribution is -2.04. The summed E-state index contributed by atoms with van der Waals surface area (Å²) in [5.41, 5.74) is 8.45. The Morgan fingerprint density at radius 2 is 1.96 bits per heavy atom. The number of carbonyl (C=O) groups is 1. The molecule has 0 unspecified atom stereocenters. The van der Waals surface area contributed by atoms with Crippen LogP contribution in [0.15, 0.2) is 54.7 Å². The number of nitrogen functional groups attached to an aromatic ring is 1. The molecule has 7 heteroatoms. The molecule has 0 radical (unpaired) electrons. The number of nitrogens with two attached hydrogens (primary N) is 1. The first-order valence-corrected chi connectivity index (χ1v) is 8.09. The summed E-state index contributed by atoms with van der Waals surface area (Å²) in [5.74, 6) is 0.229. The average molecular weight is 354 g/mol. The summed E-state index contributed by atoms with van der Waals surface area (Å²) < 4.78 is 11.5. The molecular formula is C19H22N4O3. The number of rotatable bonds is 4. The molecule has 2 aromatic carbocycles. The van der Waals surface area contributed by atoms with E-state index in [1.165, 1.54) is 16.4 Å². The molecule has 0 amide bonds. The molecule has 1 aromatic heterocycles. The van der Waals surface area contributed by atoms with E-state index < -0.39 is 5.97 Å². The van der Waals surface area contributed by atoms with Crippen LogP contribution in [0.25, 0.3) is 5.69 Å². The maximum atomic E-state index is 11.4. The summed E-state index contributed by atoms with van der Waals surface area (Å²) in [7, 11) is 1.59. The van der Waals surface area contributed by atoms with Gasteiger partial charge in [-0.1, -0.05) is 23.4 Å². The zero-order chi connectivity index (χ0) is 18.9. The number of benzene rings is 2. The van der Waals surface area contributed by atoms with Crippen LogP contribution in [0, 0.1) is 6.92 Å². The molecule has 0 aliphatic carbocycles. The van der Waals surface area contributed by atoms with Gasteiger partial charge in [0.25, 0.3) is 0 Å². The third-order valence-electron chi connectivity index (χ3n) is 3.34. The Morgan fingerprint density at radius 1 is 1.19 bits per heavy atom. The number of aryl methyl sites for hydroxylation is 1. The minimum atomic E-state index is -0.480. The van der Waals surface area contributed by atoms with Gasteiger partial charge in [0.15, 0.2) is 5.69 Å². The molecule has 1 heterocycles. The maximum Gasteiger partial charge on any atom is 0.360 e. The number of methoxy groups -OCH3 is 1. The molecule has 26 heavy (non-hydrogen) atoms. The number of nitrogens with zero attached hydrogens (tertiary/aromatic N) is 3. The van der Waals surface area contributed by atoms with Crippen molar-refractivity contribution in [1.82, 2.24) is 15.0 Å². The van der Waals surface area contributed by atoms with Crippen molar-refractivity contribution in [3.63, 3.8) is 0 Å². The molecule has 0 saturated heterocycles. The van der Waals surface area contributed by atoms with Crippen LogP contribution in [0.1, 0.15) is 23.0 Å². The number of carbonyl (C=O) groups excluding carboxylic acids is 1. The minimum Gasteiger partial charge on any atom is -0.497 e. The summed E-state index contributed by atoms with van der Waals surface area (Å²) in [4.78, 5) is 11.4. The van der Waals surface area contributed by atoms with Gasteiger partial charge in [-0.3, -0.25) is 0 Å². The zero-order valence-corrected chi connectivity index (χ0v) is 15.0. The van der Waals surface area contributed by atoms with Crippen LogP contribution in [0.3, 0.4) is 0 Å². The van der Waals surface area contributed by atoms with E-state index in [2.05, 4.69) is 10.3 Å². The highest BCUT2D eigenvalue weighted by molar-refractivity contribution is 5.86. The second-order valence-corrected chi connectivity index (χ2v) is 5.38. The highest BCUT2D eigenvalue weighted by Crippen LogP contribution is 2.15. The molecule has 3 aromatic rings. The summed E-state index contributed by atoms with van der Waals surface area (Å²) in [6.07, 6.45) is 1.52. The summed E-state index contributed by atoms with van der Waals surface area (Å²) in [6.45, 7) is 4.07. The van der Waals surface area contributed by atoms with Crippen molar-refractivity contribution in [1.29, 1.82) is 0 Å². The lowest BCUT2D eigenvalue weighted by molar-refractivity contribution is 0.0519. The second-order valence-electron chi connectivity index (χ2n) is 5.38. The molecule has 0 bridgehead atoms. The van der Waals surface area contributed by atoms with Crippen molar-refractivity contribution >= 4 is 11.7 Å². The minimum absolute atomic E-state index is 0.180. The summed E-state index contributed by atoms with van der Waals surface area (Å²) in [5, 5.41) is 7.64. The summed E-state index contributed by atoms with van der Waals surface area (Å²) >= 11 is 0. The predicted octanol–water partition coefficient (Wildman–Crippen LogP) is 3.03. The SMILES string of the molecule is CCOC(=O)c1cn(-c2cccc(OC)c2)nn1.Cc1cccc(N)c1. The normalized spacial score (nSPS) is 9.81. The van der Waals surface area contributed by atoms with Crippen LogP contribution in [0.5, 0.6) is 5.75 Å². The molecule has 136 valence electrons. The molecule has 0 atom stereocenters. The van der Waals surface area contributed by atoms with Gasteiger partial charge in [0.05, 0.1) is 25.6 Å². The quantitative estimate of drug-likeness (QED) is 0.572. The number of anilines is 1. The molecule has 7 nitrogen and oxygen atoms in total. The number of esters is 1. The standard InChI is InChI=1S/C12H13N3O3.C7H9N/c1-3-18-12(16)11-8-15(14-13-11)9-5-4-6-10(7-9)17-2;1-6-3-2-4-7(8)5-6/h4-8H,3H2,1-2H3;2-5H,8H2,1H3. The topological polar surface area (TPSA) is 92.3 Å². The number of hydrogen-bond acceptors (Lipinski definition) is 6. The maximum absolute atomic E-state index is 11.4. The average Bonchev–Trinajstić information content (AvgIpc) is 3.13. The van der Waals surface area contributed by atoms with Crippen LogP contribution >= 0.6 is 0 Å². The van der Waals surface area contributed by atoms with Gasteiger partial charge >= 0.3 is 5.97 Å². The highest BCUT2D eigenvalue weighted by Gasteiger charge is 2.12. The second kappa shape index (κ2) is 9.22. The molecule has 0 aliphatic heterocycles. The van der Waals surface area contributed by atoms with Gasteiger partial charge in [-0.2, -0.15) is 0 Å². The van der Waals surface area contributed by atoms with Gasteiger partial charge in [-0.15, -0.1) is 5.10 Å². The Kier molecular flexibility index (Phi) is 6.73. The molecule has 0 spiro atoms. The van der Waals surface area contributed by atoms with Crippen molar-refractivity contribution in [2.45, 2.75) is 13.8 Å². The molecule has 3 rings (SSSR count). The van der Waals surface area contributed by atoms with E-state index in [1.807, 2.05) is 49.4 Å². The van der Waals surface area contributed by atoms with Gasteiger partial charge in [0.2, 0.25) is 0 Å². The first-order chi connectivity index (χ1) is 12.5. The van der Waals surface area contributed by atoms with Crippen molar-refractivity contribution < 1.29 is 14.3 Å². The van der Waals surface area contributed by atoms with Crippen LogP contribution in [0.4, 0.5) is 5.69 Å². The fourth-order valence-corrected chi connectivity index (χ4v) is 2.11. The van der Waals surface area contributed by atoms with Crippen LogP contribution in [-0.4, -0.2) is 34.7 Å². The lowest BCUT2D eigenvalue weighted by atomic mass is 10.2. The highest BCUT2D eigenvalue weighted by atomic mass is 16.5. The lowest BCUT2D eigenvalue weighted by Gasteiger charge is -2.02. The van der Waals surface area contributed by atoms with Crippen molar-refractivity contribution in [3.05, 3.63) is 66.0 Å². The zero-order valence-electron chi connectivity index (χ0n) is 15.0. The van der Waals surface area contributed by atoms with E-state index in [4.69, 9.17) is 15.2 Å². The fourth-order valence-electron chi connectivity index (χ4n) is 2.11. The number of hydrogen-bond donors (Lipinski definition) is 1. The van der Waals surface area contributed by atoms with E-state index in [1.54, 1.807) is 20.1 Å². The molecular weight excluding hydrogens is 332 g/mol. The third kappa shape index (κ3) is 5.34. The van der Waals surface area contributed by atoms with Crippen molar-refractivity contribution in [3.8, 4) is 11.4 Å². The molecule has 0 saturated carbocycles. The van der Waals surface area contributed by atoms with E-state index in [0.29, 0.717) is 12.4 Å². The molecule has 0 fully saturated rings. The van der Waals surface area contributed by atoms with Crippen LogP contribution in [0.2, 0.25) is 0 Å². The van der Waals surface area contributed by atoms with E-state index in [-0.39, 0.29) is 5.69 Å². The van der Waals surface area contributed by atoms with Crippen molar-refractivity contribution in [2.24, 2.45) is 0 Å². The first kappa shape index (κ1) is 19.0. The Hall–Kier alpha value is -3.35. The first-order valence-electron chi connectivity index (χ1n) is 8.09. The Balaban J connectivity index is 0.000000254. The smallest absolute Gasteiger partial charge is 0.360 e. The predicted molar refractivity (Wildman–Crippen MR) is 99.5 cm³/mol. The third-order valence-corrected chi connectivity index (χ3v) is 3.34.